The number of benzene rings is 1. The molecule has 0 aliphatic rings. The Labute approximate surface area is 102 Å². The number of oxazole rings is 1. The zero-order valence-corrected chi connectivity index (χ0v) is 10.3. The van der Waals surface area contributed by atoms with Crippen molar-refractivity contribution in [3.8, 4) is 11.3 Å². The van der Waals surface area contributed by atoms with E-state index in [-0.39, 0.29) is 6.61 Å². The lowest BCUT2D eigenvalue weighted by atomic mass is 10.2. The number of rotatable bonds is 4. The number of aliphatic hydroxyl groups excluding tert-OH is 1. The number of nitrogens with zero attached hydrogens (tertiary/aromatic N) is 1. The number of hydrogen-bond donors (Lipinski definition) is 1. The first-order chi connectivity index (χ1) is 7.81. The van der Waals surface area contributed by atoms with Crippen LogP contribution in [-0.2, 0) is 6.42 Å². The van der Waals surface area contributed by atoms with Crippen molar-refractivity contribution in [3.05, 3.63) is 40.8 Å². The predicted octanol–water partition coefficient (Wildman–Crippen LogP) is 3.03. The number of hydrogen-bond acceptors (Lipinski definition) is 3. The van der Waals surface area contributed by atoms with Gasteiger partial charge < -0.3 is 9.52 Å². The zero-order valence-electron chi connectivity index (χ0n) is 8.69. The van der Waals surface area contributed by atoms with Gasteiger partial charge in [-0.15, -0.1) is 0 Å². The molecule has 0 unspecified atom stereocenters. The highest BCUT2D eigenvalue weighted by atomic mass is 79.9. The highest BCUT2D eigenvalue weighted by Gasteiger charge is 2.08. The average Bonchev–Trinajstić information content (AvgIpc) is 2.75. The summed E-state index contributed by atoms with van der Waals surface area (Å²) in [4.78, 5) is 4.17. The third kappa shape index (κ3) is 2.51. The maximum atomic E-state index is 8.72. The Morgan fingerprint density at radius 2 is 2.12 bits per heavy atom. The van der Waals surface area contributed by atoms with Crippen molar-refractivity contribution in [2.75, 3.05) is 6.61 Å². The van der Waals surface area contributed by atoms with Gasteiger partial charge in [-0.2, -0.15) is 0 Å². The van der Waals surface area contributed by atoms with Crippen molar-refractivity contribution in [1.82, 2.24) is 4.98 Å². The molecule has 84 valence electrons. The van der Waals surface area contributed by atoms with E-state index in [4.69, 9.17) is 9.52 Å². The van der Waals surface area contributed by atoms with Crippen LogP contribution in [0.25, 0.3) is 11.3 Å². The van der Waals surface area contributed by atoms with Crippen LogP contribution < -0.4 is 0 Å². The third-order valence-corrected chi connectivity index (χ3v) is 2.93. The molecule has 0 fully saturated rings. The summed E-state index contributed by atoms with van der Waals surface area (Å²) in [7, 11) is 0. The van der Waals surface area contributed by atoms with Crippen LogP contribution in [0.2, 0.25) is 0 Å². The molecule has 0 radical (unpaired) electrons. The van der Waals surface area contributed by atoms with E-state index >= 15 is 0 Å². The van der Waals surface area contributed by atoms with Crippen LogP contribution in [0.15, 0.2) is 39.4 Å². The van der Waals surface area contributed by atoms with Crippen LogP contribution in [-0.4, -0.2) is 16.7 Å². The molecule has 1 heterocycles. The molecule has 0 bridgehead atoms. The maximum absolute atomic E-state index is 8.72. The molecule has 2 rings (SSSR count). The molecule has 0 aliphatic heterocycles. The Kier molecular flexibility index (Phi) is 3.74. The molecule has 1 aromatic carbocycles. The molecule has 4 heteroatoms. The number of aryl methyl sites for hydroxylation is 1. The highest BCUT2D eigenvalue weighted by Crippen LogP contribution is 2.28. The van der Waals surface area contributed by atoms with E-state index in [2.05, 4.69) is 20.9 Å². The van der Waals surface area contributed by atoms with E-state index in [0.717, 1.165) is 15.8 Å². The van der Waals surface area contributed by atoms with Gasteiger partial charge in [0.1, 0.15) is 0 Å². The van der Waals surface area contributed by atoms with Crippen molar-refractivity contribution in [3.63, 3.8) is 0 Å². The van der Waals surface area contributed by atoms with Crippen molar-refractivity contribution in [2.45, 2.75) is 12.8 Å². The van der Waals surface area contributed by atoms with E-state index in [1.54, 1.807) is 6.20 Å². The summed E-state index contributed by atoms with van der Waals surface area (Å²) in [6, 6.07) is 7.85. The molecule has 0 amide bonds. The minimum atomic E-state index is 0.159. The number of halogens is 1. The summed E-state index contributed by atoms with van der Waals surface area (Å²) in [6.45, 7) is 0.159. The van der Waals surface area contributed by atoms with Gasteiger partial charge in [0.15, 0.2) is 11.7 Å². The van der Waals surface area contributed by atoms with Gasteiger partial charge in [0.25, 0.3) is 0 Å². The quantitative estimate of drug-likeness (QED) is 0.937. The van der Waals surface area contributed by atoms with Gasteiger partial charge in [-0.3, -0.25) is 0 Å². The molecule has 0 saturated heterocycles. The molecule has 2 aromatic rings. The monoisotopic (exact) mass is 281 g/mol. The van der Waals surface area contributed by atoms with Crippen molar-refractivity contribution >= 4 is 15.9 Å². The summed E-state index contributed by atoms with van der Waals surface area (Å²) >= 11 is 3.47. The van der Waals surface area contributed by atoms with E-state index in [1.165, 1.54) is 0 Å². The number of aliphatic hydroxyl groups is 1. The van der Waals surface area contributed by atoms with E-state index < -0.39 is 0 Å². The molecule has 3 nitrogen and oxygen atoms in total. The lowest BCUT2D eigenvalue weighted by Crippen LogP contribution is -1.88. The van der Waals surface area contributed by atoms with Gasteiger partial charge in [0.05, 0.1) is 6.20 Å². The molecular formula is C12H12BrNO2. The van der Waals surface area contributed by atoms with Crippen LogP contribution in [0.3, 0.4) is 0 Å². The second kappa shape index (κ2) is 5.27. The fraction of sp³-hybridized carbons (Fsp3) is 0.250. The zero-order chi connectivity index (χ0) is 11.4. The summed E-state index contributed by atoms with van der Waals surface area (Å²) in [5.74, 6) is 1.42. The highest BCUT2D eigenvalue weighted by molar-refractivity contribution is 9.10. The standard InChI is InChI=1S/C12H12BrNO2/c13-10-5-2-1-4-9(10)11-8-14-12(16-11)6-3-7-15/h1-2,4-5,8,15H,3,6-7H2. The molecular weight excluding hydrogens is 270 g/mol. The SMILES string of the molecule is OCCCc1ncc(-c2ccccc2Br)o1. The summed E-state index contributed by atoms with van der Waals surface area (Å²) in [6.07, 6.45) is 3.06. The van der Waals surface area contributed by atoms with Crippen molar-refractivity contribution in [2.24, 2.45) is 0 Å². The first kappa shape index (κ1) is 11.4. The Bertz CT molecular complexity index is 468. The molecule has 0 saturated carbocycles. The average molecular weight is 282 g/mol. The molecule has 0 aliphatic carbocycles. The molecule has 0 atom stereocenters. The Balaban J connectivity index is 2.22. The van der Waals surface area contributed by atoms with Gasteiger partial charge in [0.2, 0.25) is 0 Å². The molecule has 1 aromatic heterocycles. The van der Waals surface area contributed by atoms with Gasteiger partial charge in [0, 0.05) is 23.1 Å². The second-order valence-electron chi connectivity index (χ2n) is 3.43. The van der Waals surface area contributed by atoms with Crippen LogP contribution in [0.5, 0.6) is 0 Å². The molecule has 16 heavy (non-hydrogen) atoms. The number of aromatic nitrogens is 1. The topological polar surface area (TPSA) is 46.3 Å². The lowest BCUT2D eigenvalue weighted by molar-refractivity contribution is 0.283. The van der Waals surface area contributed by atoms with Crippen LogP contribution >= 0.6 is 15.9 Å². The summed E-state index contributed by atoms with van der Waals surface area (Å²) in [5.41, 5.74) is 0.991. The predicted molar refractivity (Wildman–Crippen MR) is 65.0 cm³/mol. The van der Waals surface area contributed by atoms with Crippen LogP contribution in [0.1, 0.15) is 12.3 Å². The van der Waals surface area contributed by atoms with Crippen LogP contribution in [0.4, 0.5) is 0 Å². The van der Waals surface area contributed by atoms with E-state index in [1.807, 2.05) is 24.3 Å². The van der Waals surface area contributed by atoms with Crippen LogP contribution in [0, 0.1) is 0 Å². The van der Waals surface area contributed by atoms with E-state index in [0.29, 0.717) is 18.7 Å². The second-order valence-corrected chi connectivity index (χ2v) is 4.28. The lowest BCUT2D eigenvalue weighted by Gasteiger charge is -1.98. The minimum absolute atomic E-state index is 0.159. The first-order valence-electron chi connectivity index (χ1n) is 5.11. The first-order valence-corrected chi connectivity index (χ1v) is 5.91. The summed E-state index contributed by atoms with van der Waals surface area (Å²) < 4.78 is 6.59. The largest absolute Gasteiger partial charge is 0.441 e. The molecule has 1 N–H and O–H groups in total. The fourth-order valence-electron chi connectivity index (χ4n) is 1.44. The minimum Gasteiger partial charge on any atom is -0.441 e. The van der Waals surface area contributed by atoms with Gasteiger partial charge in [-0.25, -0.2) is 4.98 Å². The Hall–Kier alpha value is -1.13. The maximum Gasteiger partial charge on any atom is 0.194 e. The molecule has 0 spiro atoms. The van der Waals surface area contributed by atoms with Gasteiger partial charge >= 0.3 is 0 Å². The summed E-state index contributed by atoms with van der Waals surface area (Å²) in [5, 5.41) is 8.72. The smallest absolute Gasteiger partial charge is 0.194 e. The van der Waals surface area contributed by atoms with Gasteiger partial charge in [-0.05, 0) is 12.5 Å². The fourth-order valence-corrected chi connectivity index (χ4v) is 1.92. The Morgan fingerprint density at radius 3 is 2.88 bits per heavy atom. The van der Waals surface area contributed by atoms with Gasteiger partial charge in [-0.1, -0.05) is 34.1 Å². The van der Waals surface area contributed by atoms with Crippen molar-refractivity contribution in [1.29, 1.82) is 0 Å². The van der Waals surface area contributed by atoms with E-state index in [9.17, 15) is 0 Å². The third-order valence-electron chi connectivity index (χ3n) is 2.24. The normalized spacial score (nSPS) is 10.6. The Morgan fingerprint density at radius 1 is 1.31 bits per heavy atom. The van der Waals surface area contributed by atoms with Crippen molar-refractivity contribution < 1.29 is 9.52 Å².